The van der Waals surface area contributed by atoms with Crippen molar-refractivity contribution in [2.45, 2.75) is 6.92 Å². The zero-order chi connectivity index (χ0) is 11.8. The van der Waals surface area contributed by atoms with Crippen molar-refractivity contribution in [1.29, 1.82) is 0 Å². The number of ether oxygens (including phenoxy) is 2. The number of aryl methyl sites for hydroxylation is 1. The summed E-state index contributed by atoms with van der Waals surface area (Å²) in [5.74, 6) is 1.53. The zero-order valence-electron chi connectivity index (χ0n) is 9.61. The summed E-state index contributed by atoms with van der Waals surface area (Å²) in [6.45, 7) is 2.28. The summed E-state index contributed by atoms with van der Waals surface area (Å²) >= 11 is 0. The second-order valence-electron chi connectivity index (χ2n) is 3.81. The molecule has 2 aromatic rings. The van der Waals surface area contributed by atoms with Crippen LogP contribution in [0.2, 0.25) is 0 Å². The van der Waals surface area contributed by atoms with Crippen molar-refractivity contribution in [2.75, 3.05) is 19.2 Å². The molecule has 1 aliphatic rings. The molecule has 0 bridgehead atoms. The van der Waals surface area contributed by atoms with Gasteiger partial charge in [0.2, 0.25) is 6.79 Å². The first-order chi connectivity index (χ1) is 8.28. The lowest BCUT2D eigenvalue weighted by Gasteiger charge is -2.04. The van der Waals surface area contributed by atoms with Gasteiger partial charge in [0.05, 0.1) is 0 Å². The summed E-state index contributed by atoms with van der Waals surface area (Å²) in [5, 5.41) is 2.86. The number of benzene rings is 1. The number of nitrogens with zero attached hydrogens (tertiary/aromatic N) is 1. The minimum Gasteiger partial charge on any atom is -0.454 e. The van der Waals surface area contributed by atoms with Crippen molar-refractivity contribution in [3.8, 4) is 22.8 Å². The quantitative estimate of drug-likeness (QED) is 0.861. The summed E-state index contributed by atoms with van der Waals surface area (Å²) in [6.07, 6.45) is 1.62. The fraction of sp³-hybridized carbons (Fsp3) is 0.250. The van der Waals surface area contributed by atoms with E-state index in [4.69, 9.17) is 13.9 Å². The van der Waals surface area contributed by atoms with Crippen LogP contribution in [-0.4, -0.2) is 18.8 Å². The Kier molecular flexibility index (Phi) is 2.18. The number of aromatic nitrogens is 1. The molecule has 0 spiro atoms. The van der Waals surface area contributed by atoms with Crippen LogP contribution in [0.5, 0.6) is 11.5 Å². The van der Waals surface area contributed by atoms with Crippen LogP contribution < -0.4 is 14.8 Å². The predicted molar refractivity (Wildman–Crippen MR) is 62.3 cm³/mol. The fourth-order valence-electron chi connectivity index (χ4n) is 1.83. The number of anilines is 1. The average Bonchev–Trinajstić information content (AvgIpc) is 2.94. The molecule has 0 atom stereocenters. The SMILES string of the molecule is CNc1nc(-c2cc3c(cc2C)OCO3)co1. The fourth-order valence-corrected chi connectivity index (χ4v) is 1.83. The lowest BCUT2D eigenvalue weighted by Crippen LogP contribution is -1.92. The van der Waals surface area contributed by atoms with Gasteiger partial charge in [-0.3, -0.25) is 0 Å². The van der Waals surface area contributed by atoms with Crippen LogP contribution in [0.1, 0.15) is 5.56 Å². The third-order valence-electron chi connectivity index (χ3n) is 2.71. The Morgan fingerprint density at radius 2 is 2.00 bits per heavy atom. The topological polar surface area (TPSA) is 56.5 Å². The lowest BCUT2D eigenvalue weighted by atomic mass is 10.1. The maximum atomic E-state index is 5.35. The van der Waals surface area contributed by atoms with Gasteiger partial charge in [-0.15, -0.1) is 0 Å². The van der Waals surface area contributed by atoms with Crippen LogP contribution in [0.3, 0.4) is 0 Å². The van der Waals surface area contributed by atoms with Crippen molar-refractivity contribution in [3.63, 3.8) is 0 Å². The van der Waals surface area contributed by atoms with Gasteiger partial charge in [0.15, 0.2) is 11.5 Å². The molecule has 2 heterocycles. The van der Waals surface area contributed by atoms with Crippen molar-refractivity contribution >= 4 is 6.01 Å². The van der Waals surface area contributed by atoms with Gasteiger partial charge in [-0.05, 0) is 24.6 Å². The van der Waals surface area contributed by atoms with Gasteiger partial charge in [0.25, 0.3) is 6.01 Å². The summed E-state index contributed by atoms with van der Waals surface area (Å²) in [5.41, 5.74) is 2.84. The van der Waals surface area contributed by atoms with Crippen LogP contribution in [0.25, 0.3) is 11.3 Å². The van der Waals surface area contributed by atoms with Crippen LogP contribution >= 0.6 is 0 Å². The van der Waals surface area contributed by atoms with Gasteiger partial charge in [-0.25, -0.2) is 0 Å². The normalized spacial score (nSPS) is 12.8. The van der Waals surface area contributed by atoms with Crippen LogP contribution in [0.4, 0.5) is 6.01 Å². The third kappa shape index (κ3) is 1.60. The second-order valence-corrected chi connectivity index (χ2v) is 3.81. The molecule has 3 rings (SSSR count). The zero-order valence-corrected chi connectivity index (χ0v) is 9.61. The molecule has 5 heteroatoms. The number of hydrogen-bond donors (Lipinski definition) is 1. The molecule has 0 radical (unpaired) electrons. The van der Waals surface area contributed by atoms with Gasteiger partial charge < -0.3 is 19.2 Å². The summed E-state index contributed by atoms with van der Waals surface area (Å²) in [4.78, 5) is 4.31. The summed E-state index contributed by atoms with van der Waals surface area (Å²) in [6, 6.07) is 4.37. The Morgan fingerprint density at radius 1 is 1.24 bits per heavy atom. The molecule has 0 aliphatic carbocycles. The Morgan fingerprint density at radius 3 is 2.71 bits per heavy atom. The summed E-state index contributed by atoms with van der Waals surface area (Å²) < 4.78 is 15.9. The van der Waals surface area contributed by atoms with E-state index in [1.807, 2.05) is 19.1 Å². The number of oxazole rings is 1. The van der Waals surface area contributed by atoms with Crippen molar-refractivity contribution in [1.82, 2.24) is 4.98 Å². The van der Waals surface area contributed by atoms with Gasteiger partial charge in [0.1, 0.15) is 12.0 Å². The molecule has 1 aromatic carbocycles. The lowest BCUT2D eigenvalue weighted by molar-refractivity contribution is 0.174. The smallest absolute Gasteiger partial charge is 0.294 e. The highest BCUT2D eigenvalue weighted by Gasteiger charge is 2.17. The first-order valence-corrected chi connectivity index (χ1v) is 5.32. The van der Waals surface area contributed by atoms with E-state index < -0.39 is 0 Å². The van der Waals surface area contributed by atoms with E-state index in [1.54, 1.807) is 13.3 Å². The maximum absolute atomic E-state index is 5.35. The molecule has 1 aromatic heterocycles. The van der Waals surface area contributed by atoms with Gasteiger partial charge in [-0.1, -0.05) is 0 Å². The van der Waals surface area contributed by atoms with E-state index in [0.717, 1.165) is 28.3 Å². The first-order valence-electron chi connectivity index (χ1n) is 5.32. The predicted octanol–water partition coefficient (Wildman–Crippen LogP) is 2.42. The molecule has 0 fully saturated rings. The molecule has 0 amide bonds. The molecular weight excluding hydrogens is 220 g/mol. The van der Waals surface area contributed by atoms with Crippen molar-refractivity contribution in [2.24, 2.45) is 0 Å². The van der Waals surface area contributed by atoms with Crippen molar-refractivity contribution < 1.29 is 13.9 Å². The standard InChI is InChI=1S/C12H12N2O3/c1-7-3-10-11(17-6-16-10)4-8(7)9-5-15-12(13-2)14-9/h3-5H,6H2,1-2H3,(H,13,14). The number of nitrogens with one attached hydrogen (secondary N) is 1. The highest BCUT2D eigenvalue weighted by molar-refractivity contribution is 5.68. The summed E-state index contributed by atoms with van der Waals surface area (Å²) in [7, 11) is 1.77. The average molecular weight is 232 g/mol. The molecule has 0 unspecified atom stereocenters. The van der Waals surface area contributed by atoms with E-state index in [0.29, 0.717) is 6.01 Å². The molecule has 1 N–H and O–H groups in total. The molecular formula is C12H12N2O3. The van der Waals surface area contributed by atoms with Crippen LogP contribution in [0.15, 0.2) is 22.8 Å². The minimum atomic E-state index is 0.277. The molecule has 1 aliphatic heterocycles. The van der Waals surface area contributed by atoms with E-state index in [1.165, 1.54) is 0 Å². The monoisotopic (exact) mass is 232 g/mol. The minimum absolute atomic E-state index is 0.277. The first kappa shape index (κ1) is 10.0. The number of fused-ring (bicyclic) bond motifs is 1. The molecule has 0 saturated heterocycles. The molecule has 17 heavy (non-hydrogen) atoms. The van der Waals surface area contributed by atoms with E-state index in [-0.39, 0.29) is 6.79 Å². The van der Waals surface area contributed by atoms with Gasteiger partial charge >= 0.3 is 0 Å². The number of rotatable bonds is 2. The van der Waals surface area contributed by atoms with Gasteiger partial charge in [0, 0.05) is 12.6 Å². The van der Waals surface area contributed by atoms with Crippen molar-refractivity contribution in [3.05, 3.63) is 24.0 Å². The van der Waals surface area contributed by atoms with Gasteiger partial charge in [-0.2, -0.15) is 4.98 Å². The Bertz CT molecular complexity index is 563. The van der Waals surface area contributed by atoms with E-state index in [2.05, 4.69) is 10.3 Å². The maximum Gasteiger partial charge on any atom is 0.294 e. The number of hydrogen-bond acceptors (Lipinski definition) is 5. The Hall–Kier alpha value is -2.17. The van der Waals surface area contributed by atoms with E-state index >= 15 is 0 Å². The molecule has 0 saturated carbocycles. The van der Waals surface area contributed by atoms with E-state index in [9.17, 15) is 0 Å². The molecule has 5 nitrogen and oxygen atoms in total. The Balaban J connectivity index is 2.08. The highest BCUT2D eigenvalue weighted by Crippen LogP contribution is 2.38. The Labute approximate surface area is 98.4 Å². The third-order valence-corrected chi connectivity index (χ3v) is 2.71. The van der Waals surface area contributed by atoms with Crippen LogP contribution in [-0.2, 0) is 0 Å². The molecule has 88 valence electrons. The van der Waals surface area contributed by atoms with Crippen LogP contribution in [0, 0.1) is 6.92 Å². The largest absolute Gasteiger partial charge is 0.454 e. The highest BCUT2D eigenvalue weighted by atomic mass is 16.7. The second kappa shape index (κ2) is 3.69.